The van der Waals surface area contributed by atoms with E-state index in [1.165, 1.54) is 13.3 Å². The smallest absolute Gasteiger partial charge is 0.327 e. The minimum atomic E-state index is -0.566. The lowest BCUT2D eigenvalue weighted by molar-refractivity contribution is -0.141. The van der Waals surface area contributed by atoms with Gasteiger partial charge in [0.05, 0.1) is 19.0 Å². The number of methoxy groups -OCH3 is 1. The molecule has 0 aromatic carbocycles. The Hall–Kier alpha value is -1.60. The van der Waals surface area contributed by atoms with Gasteiger partial charge in [-0.1, -0.05) is 11.6 Å². The van der Waals surface area contributed by atoms with Crippen molar-refractivity contribution in [1.29, 1.82) is 0 Å². The Morgan fingerprint density at radius 3 is 2.95 bits per heavy atom. The van der Waals surface area contributed by atoms with Gasteiger partial charge in [0, 0.05) is 12.6 Å². The molecule has 1 rings (SSSR count). The molecule has 1 unspecified atom stereocenters. The molecule has 8 heteroatoms. The van der Waals surface area contributed by atoms with Crippen LogP contribution in [0.25, 0.3) is 0 Å². The number of halogens is 1. The molecule has 1 atom stereocenters. The van der Waals surface area contributed by atoms with Gasteiger partial charge in [-0.3, -0.25) is 9.59 Å². The summed E-state index contributed by atoms with van der Waals surface area (Å²) >= 11 is 5.92. The normalized spacial score (nSPS) is 12.0. The highest BCUT2D eigenvalue weighted by Gasteiger charge is 2.11. The zero-order valence-electron chi connectivity index (χ0n) is 10.9. The minimum Gasteiger partial charge on any atom is -0.468 e. The summed E-state index contributed by atoms with van der Waals surface area (Å²) in [7, 11) is 1.24. The van der Waals surface area contributed by atoms with Crippen molar-refractivity contribution in [3.63, 3.8) is 0 Å². The molecule has 0 aliphatic carbocycles. The van der Waals surface area contributed by atoms with Crippen LogP contribution in [0, 0.1) is 0 Å². The lowest BCUT2D eigenvalue weighted by atomic mass is 10.2. The van der Waals surface area contributed by atoms with Gasteiger partial charge in [0.2, 0.25) is 0 Å². The molecule has 0 spiro atoms. The van der Waals surface area contributed by atoms with E-state index in [4.69, 9.17) is 17.3 Å². The van der Waals surface area contributed by atoms with E-state index in [1.54, 1.807) is 0 Å². The summed E-state index contributed by atoms with van der Waals surface area (Å²) in [6.07, 6.45) is 2.13. The second-order valence-corrected chi connectivity index (χ2v) is 4.48. The first kappa shape index (κ1) is 15.5. The molecule has 0 saturated heterocycles. The number of nitrogens with one attached hydrogen (secondary N) is 1. The van der Waals surface area contributed by atoms with Gasteiger partial charge in [0.25, 0.3) is 5.56 Å². The number of rotatable bonds is 6. The van der Waals surface area contributed by atoms with E-state index < -0.39 is 11.5 Å². The fourth-order valence-electron chi connectivity index (χ4n) is 1.32. The number of carbonyl (C=O) groups excluding carboxylic acids is 1. The Morgan fingerprint density at radius 1 is 1.68 bits per heavy atom. The maximum absolute atomic E-state index is 11.8. The number of anilines is 1. The molecule has 3 N–H and O–H groups in total. The first-order valence-electron chi connectivity index (χ1n) is 5.77. The number of carbonyl (C=O) groups is 1. The second-order valence-electron chi connectivity index (χ2n) is 4.10. The molecule has 0 fully saturated rings. The Morgan fingerprint density at radius 2 is 2.37 bits per heavy atom. The van der Waals surface area contributed by atoms with Gasteiger partial charge in [-0.25, -0.2) is 4.68 Å². The van der Waals surface area contributed by atoms with E-state index in [-0.39, 0.29) is 17.6 Å². The second kappa shape index (κ2) is 7.10. The summed E-state index contributed by atoms with van der Waals surface area (Å²) in [6, 6.07) is 0.0546. The summed E-state index contributed by atoms with van der Waals surface area (Å²) in [5.74, 6) is -0.566. The Kier molecular flexibility index (Phi) is 5.78. The van der Waals surface area contributed by atoms with Crippen molar-refractivity contribution in [2.24, 2.45) is 5.73 Å². The number of hydrogen-bond acceptors (Lipinski definition) is 6. The van der Waals surface area contributed by atoms with Crippen molar-refractivity contribution >= 4 is 23.3 Å². The maximum atomic E-state index is 11.8. The quantitative estimate of drug-likeness (QED) is 0.727. The standard InChI is InChI=1S/C11H17ClN4O3/c1-7(13)3-4-14-8-5-15-16(6-9(17)19-2)11(18)10(8)12/h5,7,14H,3-4,6,13H2,1-2H3. The molecule has 1 aromatic heterocycles. The van der Waals surface area contributed by atoms with Crippen LogP contribution in [0.4, 0.5) is 5.69 Å². The van der Waals surface area contributed by atoms with E-state index in [1.807, 2.05) is 6.92 Å². The predicted molar refractivity (Wildman–Crippen MR) is 72.3 cm³/mol. The first-order chi connectivity index (χ1) is 8.95. The summed E-state index contributed by atoms with van der Waals surface area (Å²) < 4.78 is 5.41. The highest BCUT2D eigenvalue weighted by Crippen LogP contribution is 2.15. The van der Waals surface area contributed by atoms with Crippen LogP contribution in [-0.4, -0.2) is 35.4 Å². The van der Waals surface area contributed by atoms with Crippen LogP contribution in [0.1, 0.15) is 13.3 Å². The molecule has 0 aliphatic rings. The van der Waals surface area contributed by atoms with Crippen molar-refractivity contribution in [3.8, 4) is 0 Å². The Balaban J connectivity index is 2.80. The lowest BCUT2D eigenvalue weighted by Gasteiger charge is -2.10. The van der Waals surface area contributed by atoms with Crippen molar-refractivity contribution in [2.45, 2.75) is 25.9 Å². The minimum absolute atomic E-state index is 0.0106. The van der Waals surface area contributed by atoms with Crippen molar-refractivity contribution < 1.29 is 9.53 Å². The molecule has 0 amide bonds. The van der Waals surface area contributed by atoms with E-state index in [9.17, 15) is 9.59 Å². The van der Waals surface area contributed by atoms with Gasteiger partial charge in [0.15, 0.2) is 0 Å². The van der Waals surface area contributed by atoms with Crippen LogP contribution in [0.2, 0.25) is 5.02 Å². The summed E-state index contributed by atoms with van der Waals surface area (Å²) in [5, 5.41) is 6.81. The molecular formula is C11H17ClN4O3. The van der Waals surface area contributed by atoms with Crippen LogP contribution < -0.4 is 16.6 Å². The zero-order chi connectivity index (χ0) is 14.4. The van der Waals surface area contributed by atoms with Crippen LogP contribution >= 0.6 is 11.6 Å². The highest BCUT2D eigenvalue weighted by molar-refractivity contribution is 6.32. The molecule has 1 aromatic rings. The van der Waals surface area contributed by atoms with Gasteiger partial charge >= 0.3 is 5.97 Å². The third-order valence-electron chi connectivity index (χ3n) is 2.41. The largest absolute Gasteiger partial charge is 0.468 e. The molecule has 0 aliphatic heterocycles. The molecule has 106 valence electrons. The SMILES string of the molecule is COC(=O)Cn1ncc(NCCC(C)N)c(Cl)c1=O. The number of esters is 1. The van der Waals surface area contributed by atoms with E-state index in [0.29, 0.717) is 12.2 Å². The molecule has 7 nitrogen and oxygen atoms in total. The summed E-state index contributed by atoms with van der Waals surface area (Å²) in [5.41, 5.74) is 5.49. The van der Waals surface area contributed by atoms with Gasteiger partial charge in [-0.2, -0.15) is 5.10 Å². The van der Waals surface area contributed by atoms with Crippen LogP contribution in [0.15, 0.2) is 11.0 Å². The number of nitrogens with two attached hydrogens (primary N) is 1. The molecular weight excluding hydrogens is 272 g/mol. The Bertz CT molecular complexity index is 501. The van der Waals surface area contributed by atoms with Gasteiger partial charge in [-0.05, 0) is 13.3 Å². The Labute approximate surface area is 115 Å². The monoisotopic (exact) mass is 288 g/mol. The van der Waals surface area contributed by atoms with Gasteiger partial charge < -0.3 is 15.8 Å². The van der Waals surface area contributed by atoms with Crippen LogP contribution in [0.5, 0.6) is 0 Å². The number of aromatic nitrogens is 2. The molecule has 0 bridgehead atoms. The van der Waals surface area contributed by atoms with Crippen molar-refractivity contribution in [3.05, 3.63) is 21.6 Å². The zero-order valence-corrected chi connectivity index (χ0v) is 11.6. The van der Waals surface area contributed by atoms with Gasteiger partial charge in [0.1, 0.15) is 11.6 Å². The first-order valence-corrected chi connectivity index (χ1v) is 6.15. The number of nitrogens with zero attached hydrogens (tertiary/aromatic N) is 2. The fraction of sp³-hybridized carbons (Fsp3) is 0.545. The third-order valence-corrected chi connectivity index (χ3v) is 2.77. The summed E-state index contributed by atoms with van der Waals surface area (Å²) in [6.45, 7) is 2.20. The number of ether oxygens (including phenoxy) is 1. The lowest BCUT2D eigenvalue weighted by Crippen LogP contribution is -2.28. The van der Waals surface area contributed by atoms with Gasteiger partial charge in [-0.15, -0.1) is 0 Å². The van der Waals surface area contributed by atoms with Crippen LogP contribution in [-0.2, 0) is 16.1 Å². The fourth-order valence-corrected chi connectivity index (χ4v) is 1.54. The van der Waals surface area contributed by atoms with E-state index >= 15 is 0 Å². The predicted octanol–water partition coefficient (Wildman–Crippen LogP) is 0.219. The molecule has 0 radical (unpaired) electrons. The van der Waals surface area contributed by atoms with Crippen LogP contribution in [0.3, 0.4) is 0 Å². The molecule has 19 heavy (non-hydrogen) atoms. The van der Waals surface area contributed by atoms with E-state index in [0.717, 1.165) is 11.1 Å². The molecule has 0 saturated carbocycles. The average molecular weight is 289 g/mol. The number of hydrogen-bond donors (Lipinski definition) is 2. The topological polar surface area (TPSA) is 99.2 Å². The molecule has 1 heterocycles. The van der Waals surface area contributed by atoms with Crippen molar-refractivity contribution in [1.82, 2.24) is 9.78 Å². The van der Waals surface area contributed by atoms with E-state index in [2.05, 4.69) is 15.2 Å². The van der Waals surface area contributed by atoms with Crippen molar-refractivity contribution in [2.75, 3.05) is 19.0 Å². The average Bonchev–Trinajstić information content (AvgIpc) is 2.37. The highest BCUT2D eigenvalue weighted by atomic mass is 35.5. The maximum Gasteiger partial charge on any atom is 0.327 e. The summed E-state index contributed by atoms with van der Waals surface area (Å²) in [4.78, 5) is 22.9. The third kappa shape index (κ3) is 4.53.